The molecule has 4 rings (SSSR count). The zero-order chi connectivity index (χ0) is 13.4. The van der Waals surface area contributed by atoms with Gasteiger partial charge in [-0.2, -0.15) is 0 Å². The highest BCUT2D eigenvalue weighted by Crippen LogP contribution is 2.28. The summed E-state index contributed by atoms with van der Waals surface area (Å²) < 4.78 is 0. The Morgan fingerprint density at radius 3 is 2.75 bits per heavy atom. The Hall–Kier alpha value is -1.61. The molecule has 0 bridgehead atoms. The summed E-state index contributed by atoms with van der Waals surface area (Å²) in [4.78, 5) is 7.39. The molecule has 0 amide bonds. The lowest BCUT2D eigenvalue weighted by Gasteiger charge is -2.20. The zero-order valence-corrected chi connectivity index (χ0v) is 11.8. The lowest BCUT2D eigenvalue weighted by Crippen LogP contribution is -2.21. The van der Waals surface area contributed by atoms with Gasteiger partial charge in [0, 0.05) is 31.1 Å². The molecule has 3 heteroatoms. The quantitative estimate of drug-likeness (QED) is 0.922. The third kappa shape index (κ3) is 2.38. The highest BCUT2D eigenvalue weighted by atomic mass is 15.2. The van der Waals surface area contributed by atoms with Crippen molar-refractivity contribution in [2.75, 3.05) is 18.0 Å². The molecule has 20 heavy (non-hydrogen) atoms. The van der Waals surface area contributed by atoms with Gasteiger partial charge in [0.15, 0.2) is 0 Å². The Morgan fingerprint density at radius 1 is 1.15 bits per heavy atom. The van der Waals surface area contributed by atoms with E-state index in [0.29, 0.717) is 0 Å². The lowest BCUT2D eigenvalue weighted by atomic mass is 10.1. The standard InChI is InChI=1S/C17H21N3/c1-2-6-16-13(5-1)11-15(12-18-14-7-8-14)19-17(16)20-9-3-4-10-20/h1-2,5-6,11,14,18H,3-4,7-10,12H2. The largest absolute Gasteiger partial charge is 0.356 e. The molecule has 104 valence electrons. The fourth-order valence-corrected chi connectivity index (χ4v) is 3.03. The van der Waals surface area contributed by atoms with E-state index < -0.39 is 0 Å². The van der Waals surface area contributed by atoms with Crippen LogP contribution in [-0.2, 0) is 6.54 Å². The minimum Gasteiger partial charge on any atom is -0.356 e. The molecule has 0 radical (unpaired) electrons. The van der Waals surface area contributed by atoms with Crippen molar-refractivity contribution in [1.29, 1.82) is 0 Å². The molecule has 1 saturated carbocycles. The number of rotatable bonds is 4. The molecule has 3 nitrogen and oxygen atoms in total. The van der Waals surface area contributed by atoms with Crippen molar-refractivity contribution < 1.29 is 0 Å². The molecule has 1 saturated heterocycles. The Morgan fingerprint density at radius 2 is 1.95 bits per heavy atom. The molecule has 0 spiro atoms. The highest BCUT2D eigenvalue weighted by Gasteiger charge is 2.21. The van der Waals surface area contributed by atoms with Gasteiger partial charge in [-0.05, 0) is 37.1 Å². The van der Waals surface area contributed by atoms with Gasteiger partial charge in [0.1, 0.15) is 5.82 Å². The molecule has 0 atom stereocenters. The number of hydrogen-bond acceptors (Lipinski definition) is 3. The van der Waals surface area contributed by atoms with E-state index in [1.807, 2.05) is 0 Å². The summed E-state index contributed by atoms with van der Waals surface area (Å²) in [5.41, 5.74) is 1.18. The highest BCUT2D eigenvalue weighted by molar-refractivity contribution is 5.92. The summed E-state index contributed by atoms with van der Waals surface area (Å²) in [6.45, 7) is 3.20. The van der Waals surface area contributed by atoms with E-state index in [-0.39, 0.29) is 0 Å². The fourth-order valence-electron chi connectivity index (χ4n) is 3.03. The average Bonchev–Trinajstić information content (AvgIpc) is 3.16. The molecule has 1 aliphatic carbocycles. The monoisotopic (exact) mass is 267 g/mol. The van der Waals surface area contributed by atoms with Crippen molar-refractivity contribution in [3.63, 3.8) is 0 Å². The van der Waals surface area contributed by atoms with Gasteiger partial charge in [0.2, 0.25) is 0 Å². The number of benzene rings is 1. The second kappa shape index (κ2) is 5.06. The summed E-state index contributed by atoms with van der Waals surface area (Å²) in [7, 11) is 0. The predicted molar refractivity (Wildman–Crippen MR) is 83.1 cm³/mol. The minimum absolute atomic E-state index is 0.735. The molecule has 0 unspecified atom stereocenters. The van der Waals surface area contributed by atoms with Gasteiger partial charge in [0.05, 0.1) is 5.69 Å². The van der Waals surface area contributed by atoms with Gasteiger partial charge in [-0.3, -0.25) is 0 Å². The molecule has 1 aromatic carbocycles. The van der Waals surface area contributed by atoms with Crippen LogP contribution in [0.15, 0.2) is 30.3 Å². The van der Waals surface area contributed by atoms with E-state index in [1.165, 1.54) is 48.0 Å². The SMILES string of the molecule is c1ccc2c(N3CCCC3)nc(CNC3CC3)cc2c1. The number of hydrogen-bond donors (Lipinski definition) is 1. The second-order valence-corrected chi connectivity index (χ2v) is 6.01. The van der Waals surface area contributed by atoms with Crippen LogP contribution in [0.5, 0.6) is 0 Å². The average molecular weight is 267 g/mol. The van der Waals surface area contributed by atoms with Crippen molar-refractivity contribution in [2.24, 2.45) is 0 Å². The number of nitrogens with one attached hydrogen (secondary N) is 1. The van der Waals surface area contributed by atoms with Gasteiger partial charge < -0.3 is 10.2 Å². The van der Waals surface area contributed by atoms with Crippen LogP contribution in [0, 0.1) is 0 Å². The Labute approximate surface area is 120 Å². The van der Waals surface area contributed by atoms with Gasteiger partial charge in [-0.25, -0.2) is 4.98 Å². The summed E-state index contributed by atoms with van der Waals surface area (Å²) in [6.07, 6.45) is 5.24. The van der Waals surface area contributed by atoms with Crippen LogP contribution in [0.2, 0.25) is 0 Å². The maximum absolute atomic E-state index is 4.95. The summed E-state index contributed by atoms with van der Waals surface area (Å²) in [6, 6.07) is 11.6. The van der Waals surface area contributed by atoms with Gasteiger partial charge >= 0.3 is 0 Å². The maximum atomic E-state index is 4.95. The van der Waals surface area contributed by atoms with Crippen LogP contribution >= 0.6 is 0 Å². The molecule has 2 heterocycles. The first-order valence-corrected chi connectivity index (χ1v) is 7.77. The van der Waals surface area contributed by atoms with Crippen molar-refractivity contribution >= 4 is 16.6 Å². The van der Waals surface area contributed by atoms with E-state index in [1.54, 1.807) is 0 Å². The van der Waals surface area contributed by atoms with E-state index in [0.717, 1.165) is 25.7 Å². The first-order chi connectivity index (χ1) is 9.90. The first-order valence-electron chi connectivity index (χ1n) is 7.77. The Bertz CT molecular complexity index is 613. The number of aromatic nitrogens is 1. The predicted octanol–water partition coefficient (Wildman–Crippen LogP) is 3.09. The second-order valence-electron chi connectivity index (χ2n) is 6.01. The smallest absolute Gasteiger partial charge is 0.136 e. The maximum Gasteiger partial charge on any atom is 0.136 e. The van der Waals surface area contributed by atoms with Crippen molar-refractivity contribution in [3.8, 4) is 0 Å². The number of anilines is 1. The van der Waals surface area contributed by atoms with Crippen LogP contribution < -0.4 is 10.2 Å². The van der Waals surface area contributed by atoms with E-state index in [2.05, 4.69) is 40.5 Å². The molecule has 1 aromatic heterocycles. The molecule has 1 aliphatic heterocycles. The third-order valence-corrected chi connectivity index (χ3v) is 4.33. The van der Waals surface area contributed by atoms with Crippen LogP contribution in [0.1, 0.15) is 31.4 Å². The van der Waals surface area contributed by atoms with Gasteiger partial charge in [-0.1, -0.05) is 24.3 Å². The summed E-state index contributed by atoms with van der Waals surface area (Å²) in [5.74, 6) is 1.19. The zero-order valence-electron chi connectivity index (χ0n) is 11.8. The van der Waals surface area contributed by atoms with E-state index in [4.69, 9.17) is 4.98 Å². The van der Waals surface area contributed by atoms with E-state index >= 15 is 0 Å². The van der Waals surface area contributed by atoms with Crippen molar-refractivity contribution in [2.45, 2.75) is 38.3 Å². The fraction of sp³-hybridized carbons (Fsp3) is 0.471. The van der Waals surface area contributed by atoms with Crippen molar-refractivity contribution in [1.82, 2.24) is 10.3 Å². The molecular weight excluding hydrogens is 246 g/mol. The Balaban J connectivity index is 1.72. The number of nitrogens with zero attached hydrogens (tertiary/aromatic N) is 2. The molecular formula is C17H21N3. The minimum atomic E-state index is 0.735. The lowest BCUT2D eigenvalue weighted by molar-refractivity contribution is 0.674. The molecule has 1 N–H and O–H groups in total. The van der Waals surface area contributed by atoms with Gasteiger partial charge in [-0.15, -0.1) is 0 Å². The van der Waals surface area contributed by atoms with Crippen LogP contribution in [0.4, 0.5) is 5.82 Å². The number of pyridine rings is 1. The van der Waals surface area contributed by atoms with E-state index in [9.17, 15) is 0 Å². The molecule has 2 aliphatic rings. The summed E-state index contributed by atoms with van der Waals surface area (Å²) >= 11 is 0. The van der Waals surface area contributed by atoms with Crippen LogP contribution in [0.3, 0.4) is 0 Å². The first kappa shape index (κ1) is 12.2. The number of fused-ring (bicyclic) bond motifs is 1. The Kier molecular flexibility index (Phi) is 3.07. The van der Waals surface area contributed by atoms with Gasteiger partial charge in [0.25, 0.3) is 0 Å². The third-order valence-electron chi connectivity index (χ3n) is 4.33. The van der Waals surface area contributed by atoms with Crippen LogP contribution in [0.25, 0.3) is 10.8 Å². The topological polar surface area (TPSA) is 28.2 Å². The molecule has 2 fully saturated rings. The normalized spacial score (nSPS) is 18.9. The van der Waals surface area contributed by atoms with Crippen molar-refractivity contribution in [3.05, 3.63) is 36.0 Å². The summed E-state index contributed by atoms with van der Waals surface area (Å²) in [5, 5.41) is 6.19. The molecule has 2 aromatic rings. The van der Waals surface area contributed by atoms with Crippen LogP contribution in [-0.4, -0.2) is 24.1 Å².